The number of para-hydroxylation sites is 3. The largest absolute Gasteiger partial charge is 0.455 e. The van der Waals surface area contributed by atoms with Crippen molar-refractivity contribution < 1.29 is 4.42 Å². The number of hydrogen-bond donors (Lipinski definition) is 0. The van der Waals surface area contributed by atoms with Crippen molar-refractivity contribution in [2.24, 2.45) is 0 Å². The Bertz CT molecular complexity index is 2710. The molecular weight excluding hydrogens is 597 g/mol. The second-order valence-electron chi connectivity index (χ2n) is 14.0. The van der Waals surface area contributed by atoms with Gasteiger partial charge in [-0.25, -0.2) is 4.98 Å². The van der Waals surface area contributed by atoms with Gasteiger partial charge in [0.05, 0.1) is 22.3 Å². The van der Waals surface area contributed by atoms with Gasteiger partial charge in [-0.2, -0.15) is 0 Å². The Morgan fingerprint density at radius 1 is 0.571 bits per heavy atom. The average molecular weight is 635 g/mol. The van der Waals surface area contributed by atoms with Crippen LogP contribution in [0.2, 0.25) is 0 Å². The fourth-order valence-electron chi connectivity index (χ4n) is 7.78. The predicted molar refractivity (Wildman–Crippen MR) is 207 cm³/mol. The van der Waals surface area contributed by atoms with E-state index in [0.717, 1.165) is 44.4 Å². The second kappa shape index (κ2) is 11.2. The van der Waals surface area contributed by atoms with Gasteiger partial charge in [0.2, 0.25) is 0 Å². The summed E-state index contributed by atoms with van der Waals surface area (Å²) in [7, 11) is 0. The van der Waals surface area contributed by atoms with Crippen molar-refractivity contribution in [1.82, 2.24) is 9.55 Å². The molecule has 0 spiro atoms. The minimum absolute atomic E-state index is 0.287. The van der Waals surface area contributed by atoms with Crippen LogP contribution in [0.3, 0.4) is 0 Å². The zero-order chi connectivity index (χ0) is 33.4. The molecule has 0 aliphatic heterocycles. The number of furan rings is 1. The molecule has 238 valence electrons. The van der Waals surface area contributed by atoms with E-state index in [1.165, 1.54) is 55.0 Å². The fourth-order valence-corrected chi connectivity index (χ4v) is 7.78. The Morgan fingerprint density at radius 2 is 1.24 bits per heavy atom. The summed E-state index contributed by atoms with van der Waals surface area (Å²) in [4.78, 5) is 5.37. The van der Waals surface area contributed by atoms with E-state index in [1.54, 1.807) is 0 Å². The van der Waals surface area contributed by atoms with Gasteiger partial charge in [-0.1, -0.05) is 113 Å². The highest BCUT2D eigenvalue weighted by molar-refractivity contribution is 6.17. The summed E-state index contributed by atoms with van der Waals surface area (Å²) in [5.41, 5.74) is 12.5. The maximum atomic E-state index is 6.87. The Labute approximate surface area is 286 Å². The number of rotatable bonds is 5. The van der Waals surface area contributed by atoms with Crippen LogP contribution in [0.15, 0.2) is 132 Å². The van der Waals surface area contributed by atoms with Gasteiger partial charge in [0, 0.05) is 10.8 Å². The quantitative estimate of drug-likeness (QED) is 0.176. The van der Waals surface area contributed by atoms with Crippen LogP contribution in [0.4, 0.5) is 0 Å². The zero-order valence-corrected chi connectivity index (χ0v) is 28.6. The van der Waals surface area contributed by atoms with Crippen LogP contribution in [-0.2, 0) is 0 Å². The molecule has 0 saturated carbocycles. The maximum Gasteiger partial charge on any atom is 0.149 e. The number of fused-ring (bicyclic) bond motifs is 7. The smallest absolute Gasteiger partial charge is 0.149 e. The maximum absolute atomic E-state index is 6.87. The van der Waals surface area contributed by atoms with Crippen molar-refractivity contribution in [3.8, 4) is 28.2 Å². The molecule has 49 heavy (non-hydrogen) atoms. The lowest BCUT2D eigenvalue weighted by Gasteiger charge is -2.24. The van der Waals surface area contributed by atoms with Gasteiger partial charge >= 0.3 is 0 Å². The first-order valence-corrected chi connectivity index (χ1v) is 17.4. The molecular formula is C46H38N2O. The van der Waals surface area contributed by atoms with Crippen LogP contribution in [0.25, 0.3) is 82.7 Å². The van der Waals surface area contributed by atoms with E-state index in [0.29, 0.717) is 0 Å². The van der Waals surface area contributed by atoms with Crippen LogP contribution in [0.5, 0.6) is 0 Å². The highest BCUT2D eigenvalue weighted by Crippen LogP contribution is 2.43. The van der Waals surface area contributed by atoms with Crippen molar-refractivity contribution >= 4 is 54.5 Å². The summed E-state index contributed by atoms with van der Waals surface area (Å²) in [6.07, 6.45) is 0. The number of aromatic nitrogens is 2. The molecule has 7 aromatic carbocycles. The first-order valence-electron chi connectivity index (χ1n) is 17.4. The first kappa shape index (κ1) is 29.5. The standard InChI is InChI=1S/C46H38N2O/c1-27(2)37-24-32(33-15-8-6-13-29(33)5)25-38(28(3)4)44(37)48-42-20-11-10-19-41(42)47-46(48)36-18-12-17-35-40-23-31-22-21-30-14-7-9-16-34(30)39(31)26-43(40)49-45(35)36/h6-28H,1-5H3. The molecule has 0 bridgehead atoms. The lowest BCUT2D eigenvalue weighted by molar-refractivity contribution is 0.670. The highest BCUT2D eigenvalue weighted by Gasteiger charge is 2.25. The summed E-state index contributed by atoms with van der Waals surface area (Å²) in [6.45, 7) is 11.4. The summed E-state index contributed by atoms with van der Waals surface area (Å²) in [5, 5.41) is 7.11. The van der Waals surface area contributed by atoms with Crippen molar-refractivity contribution in [3.63, 3.8) is 0 Å². The lowest BCUT2D eigenvalue weighted by atomic mass is 9.87. The Morgan fingerprint density at radius 3 is 2.04 bits per heavy atom. The van der Waals surface area contributed by atoms with E-state index >= 15 is 0 Å². The molecule has 0 radical (unpaired) electrons. The Hall–Kier alpha value is -5.67. The van der Waals surface area contributed by atoms with Crippen LogP contribution in [-0.4, -0.2) is 9.55 Å². The Balaban J connectivity index is 1.35. The van der Waals surface area contributed by atoms with Crippen LogP contribution in [0.1, 0.15) is 56.2 Å². The molecule has 9 rings (SSSR count). The van der Waals surface area contributed by atoms with E-state index in [1.807, 2.05) is 0 Å². The van der Waals surface area contributed by atoms with Crippen LogP contribution < -0.4 is 0 Å². The van der Waals surface area contributed by atoms with Crippen LogP contribution in [0, 0.1) is 6.92 Å². The molecule has 0 aliphatic rings. The first-order chi connectivity index (χ1) is 23.9. The minimum atomic E-state index is 0.287. The van der Waals surface area contributed by atoms with Gasteiger partial charge in [-0.05, 0) is 111 Å². The molecule has 3 heteroatoms. The summed E-state index contributed by atoms with van der Waals surface area (Å²) in [6, 6.07) is 46.0. The van der Waals surface area contributed by atoms with Gasteiger partial charge in [0.25, 0.3) is 0 Å². The topological polar surface area (TPSA) is 31.0 Å². The SMILES string of the molecule is Cc1ccccc1-c1cc(C(C)C)c(-n2c(-c3cccc4c3oc3cc5c(ccc6ccccc65)cc34)nc3ccccc32)c(C(C)C)c1. The molecule has 0 saturated heterocycles. The number of nitrogens with zero attached hydrogens (tertiary/aromatic N) is 2. The monoisotopic (exact) mass is 634 g/mol. The van der Waals surface area contributed by atoms with E-state index in [-0.39, 0.29) is 11.8 Å². The lowest BCUT2D eigenvalue weighted by Crippen LogP contribution is -2.09. The molecule has 0 atom stereocenters. The van der Waals surface area contributed by atoms with E-state index in [9.17, 15) is 0 Å². The molecule has 9 aromatic rings. The predicted octanol–water partition coefficient (Wildman–Crippen LogP) is 13.1. The van der Waals surface area contributed by atoms with Crippen LogP contribution >= 0.6 is 0 Å². The number of benzene rings is 7. The molecule has 0 fully saturated rings. The summed E-state index contributed by atoms with van der Waals surface area (Å²) >= 11 is 0. The number of aryl methyl sites for hydroxylation is 1. The van der Waals surface area contributed by atoms with Crippen molar-refractivity contribution in [2.45, 2.75) is 46.5 Å². The fraction of sp³-hybridized carbons (Fsp3) is 0.152. The van der Waals surface area contributed by atoms with Crippen molar-refractivity contribution in [3.05, 3.63) is 144 Å². The van der Waals surface area contributed by atoms with E-state index in [2.05, 4.69) is 167 Å². The molecule has 2 heterocycles. The van der Waals surface area contributed by atoms with E-state index in [4.69, 9.17) is 9.40 Å². The minimum Gasteiger partial charge on any atom is -0.455 e. The third kappa shape index (κ3) is 4.60. The van der Waals surface area contributed by atoms with Gasteiger partial charge < -0.3 is 4.42 Å². The molecule has 3 nitrogen and oxygen atoms in total. The second-order valence-corrected chi connectivity index (χ2v) is 14.0. The molecule has 0 amide bonds. The van der Waals surface area contributed by atoms with Gasteiger partial charge in [-0.15, -0.1) is 0 Å². The third-order valence-corrected chi connectivity index (χ3v) is 10.3. The summed E-state index contributed by atoms with van der Waals surface area (Å²) < 4.78 is 9.28. The molecule has 2 aromatic heterocycles. The van der Waals surface area contributed by atoms with Crippen molar-refractivity contribution in [2.75, 3.05) is 0 Å². The molecule has 0 aliphatic carbocycles. The molecule has 0 unspecified atom stereocenters. The van der Waals surface area contributed by atoms with Gasteiger partial charge in [-0.3, -0.25) is 4.57 Å². The zero-order valence-electron chi connectivity index (χ0n) is 28.6. The van der Waals surface area contributed by atoms with E-state index < -0.39 is 0 Å². The average Bonchev–Trinajstić information content (AvgIpc) is 3.68. The highest BCUT2D eigenvalue weighted by atomic mass is 16.3. The number of imidazole rings is 1. The van der Waals surface area contributed by atoms with Crippen molar-refractivity contribution in [1.29, 1.82) is 0 Å². The Kier molecular flexibility index (Phi) is 6.74. The molecule has 0 N–H and O–H groups in total. The normalized spacial score (nSPS) is 12.1. The van der Waals surface area contributed by atoms with Gasteiger partial charge in [0.1, 0.15) is 17.0 Å². The summed E-state index contributed by atoms with van der Waals surface area (Å²) in [5.74, 6) is 1.47. The number of hydrogen-bond acceptors (Lipinski definition) is 2. The van der Waals surface area contributed by atoms with Gasteiger partial charge in [0.15, 0.2) is 0 Å². The third-order valence-electron chi connectivity index (χ3n) is 10.3.